The summed E-state index contributed by atoms with van der Waals surface area (Å²) in [5.74, 6) is 0.991. The number of fused-ring (bicyclic) bond motifs is 1. The number of rotatable bonds is 0. The number of ether oxygens (including phenoxy) is 1. The van der Waals surface area contributed by atoms with Crippen molar-refractivity contribution in [2.45, 2.75) is 7.43 Å². The van der Waals surface area contributed by atoms with Gasteiger partial charge in [0.2, 0.25) is 0 Å². The molecule has 1 aliphatic rings. The Labute approximate surface area is 83.6 Å². The Morgan fingerprint density at radius 1 is 1.17 bits per heavy atom. The summed E-state index contributed by atoms with van der Waals surface area (Å²) in [6.45, 7) is 0.705. The van der Waals surface area contributed by atoms with Crippen LogP contribution in [0.25, 0.3) is 6.08 Å². The normalized spacial score (nSPS) is 11.7. The molecular weight excluding hydrogens is 195 g/mol. The molecule has 67 valence electrons. The molecule has 0 aliphatic carbocycles. The molecule has 0 bridgehead atoms. The van der Waals surface area contributed by atoms with Gasteiger partial charge in [-0.25, -0.2) is 0 Å². The van der Waals surface area contributed by atoms with E-state index in [2.05, 4.69) is 6.08 Å². The molecule has 0 N–H and O–H groups in total. The summed E-state index contributed by atoms with van der Waals surface area (Å²) in [5.41, 5.74) is 1.17. The Balaban J connectivity index is 0.000000605. The molecule has 12 heavy (non-hydrogen) atoms. The summed E-state index contributed by atoms with van der Waals surface area (Å²) < 4.78 is 5.34. The van der Waals surface area contributed by atoms with Crippen molar-refractivity contribution in [1.29, 1.82) is 0 Å². The molecule has 2 rings (SSSR count). The van der Waals surface area contributed by atoms with Gasteiger partial charge in [-0.15, -0.1) is 0 Å². The quantitative estimate of drug-likeness (QED) is 0.635. The first-order valence-electron chi connectivity index (χ1n) is 3.35. The molecular formula is C10H12CoO. The van der Waals surface area contributed by atoms with Gasteiger partial charge in [0.25, 0.3) is 0 Å². The molecule has 1 aromatic carbocycles. The van der Waals surface area contributed by atoms with Gasteiger partial charge in [-0.3, -0.25) is 0 Å². The number of benzene rings is 1. The molecule has 2 heteroatoms. The van der Waals surface area contributed by atoms with E-state index in [1.807, 2.05) is 30.3 Å². The molecule has 0 atom stereocenters. The topological polar surface area (TPSA) is 9.23 Å². The van der Waals surface area contributed by atoms with E-state index in [-0.39, 0.29) is 24.2 Å². The van der Waals surface area contributed by atoms with Gasteiger partial charge in [-0.1, -0.05) is 31.7 Å². The van der Waals surface area contributed by atoms with Crippen molar-refractivity contribution < 1.29 is 21.5 Å². The van der Waals surface area contributed by atoms with Crippen LogP contribution in [-0.2, 0) is 16.8 Å². The molecule has 0 saturated carbocycles. The smallest absolute Gasteiger partial charge is 0.126 e. The van der Waals surface area contributed by atoms with Gasteiger partial charge in [-0.05, 0) is 12.1 Å². The molecule has 1 heterocycles. The van der Waals surface area contributed by atoms with E-state index in [0.29, 0.717) is 6.61 Å². The summed E-state index contributed by atoms with van der Waals surface area (Å²) in [4.78, 5) is 0. The van der Waals surface area contributed by atoms with Crippen LogP contribution in [0.1, 0.15) is 13.0 Å². The van der Waals surface area contributed by atoms with Gasteiger partial charge in [0.05, 0.1) is 0 Å². The fraction of sp³-hybridized carbons (Fsp3) is 0.200. The van der Waals surface area contributed by atoms with Crippen molar-refractivity contribution in [2.24, 2.45) is 0 Å². The first-order chi connectivity index (χ1) is 4.97. The minimum atomic E-state index is 0. The maximum atomic E-state index is 5.34. The fourth-order valence-electron chi connectivity index (χ4n) is 1.06. The van der Waals surface area contributed by atoms with Crippen molar-refractivity contribution >= 4 is 6.08 Å². The summed E-state index contributed by atoms with van der Waals surface area (Å²) >= 11 is 0. The maximum absolute atomic E-state index is 5.34. The van der Waals surface area contributed by atoms with Crippen LogP contribution >= 0.6 is 0 Å². The Morgan fingerprint density at radius 3 is 2.67 bits per heavy atom. The van der Waals surface area contributed by atoms with E-state index in [1.54, 1.807) is 0 Å². The summed E-state index contributed by atoms with van der Waals surface area (Å²) in [7, 11) is 0. The van der Waals surface area contributed by atoms with E-state index in [0.717, 1.165) is 5.75 Å². The first-order valence-corrected chi connectivity index (χ1v) is 3.35. The van der Waals surface area contributed by atoms with Crippen molar-refractivity contribution in [3.05, 3.63) is 35.9 Å². The zero-order valence-corrected chi connectivity index (χ0v) is 6.95. The van der Waals surface area contributed by atoms with E-state index in [1.165, 1.54) is 5.56 Å². The first kappa shape index (κ1) is 11.3. The van der Waals surface area contributed by atoms with E-state index in [4.69, 9.17) is 4.74 Å². The van der Waals surface area contributed by atoms with Crippen molar-refractivity contribution in [2.75, 3.05) is 6.61 Å². The van der Waals surface area contributed by atoms with Crippen LogP contribution in [0.15, 0.2) is 30.3 Å². The van der Waals surface area contributed by atoms with Crippen LogP contribution in [0.5, 0.6) is 5.75 Å². The van der Waals surface area contributed by atoms with Crippen molar-refractivity contribution in [3.8, 4) is 5.75 Å². The van der Waals surface area contributed by atoms with Gasteiger partial charge in [-0.2, -0.15) is 0 Å². The van der Waals surface area contributed by atoms with Gasteiger partial charge in [0, 0.05) is 22.3 Å². The largest absolute Gasteiger partial charge is 0.489 e. The Bertz CT molecular complexity index is 268. The fourth-order valence-corrected chi connectivity index (χ4v) is 1.06. The SMILES string of the molecule is C.C1=Cc2ccccc2OC1.[Co]. The second-order valence-electron chi connectivity index (χ2n) is 2.25. The third kappa shape index (κ3) is 2.12. The minimum absolute atomic E-state index is 0. The Kier molecular flexibility index (Phi) is 4.70. The van der Waals surface area contributed by atoms with Crippen LogP contribution in [0, 0.1) is 0 Å². The van der Waals surface area contributed by atoms with E-state index < -0.39 is 0 Å². The van der Waals surface area contributed by atoms with Crippen LogP contribution in [0.2, 0.25) is 0 Å². The second-order valence-corrected chi connectivity index (χ2v) is 2.25. The van der Waals surface area contributed by atoms with Crippen molar-refractivity contribution in [3.63, 3.8) is 0 Å². The molecule has 1 radical (unpaired) electrons. The molecule has 0 spiro atoms. The Morgan fingerprint density at radius 2 is 1.92 bits per heavy atom. The number of hydrogen-bond donors (Lipinski definition) is 0. The van der Waals surface area contributed by atoms with E-state index in [9.17, 15) is 0 Å². The number of hydrogen-bond acceptors (Lipinski definition) is 1. The average Bonchev–Trinajstić information content (AvgIpc) is 2.05. The number of para-hydroxylation sites is 1. The Hall–Kier alpha value is -0.734. The average molecular weight is 207 g/mol. The molecule has 0 saturated heterocycles. The maximum Gasteiger partial charge on any atom is 0.126 e. The molecule has 0 amide bonds. The molecule has 0 unspecified atom stereocenters. The monoisotopic (exact) mass is 207 g/mol. The van der Waals surface area contributed by atoms with E-state index >= 15 is 0 Å². The predicted octanol–water partition coefficient (Wildman–Crippen LogP) is 2.73. The van der Waals surface area contributed by atoms with Gasteiger partial charge < -0.3 is 4.74 Å². The van der Waals surface area contributed by atoms with Gasteiger partial charge in [0.15, 0.2) is 0 Å². The summed E-state index contributed by atoms with van der Waals surface area (Å²) in [6, 6.07) is 8.03. The zero-order chi connectivity index (χ0) is 6.81. The molecule has 1 nitrogen and oxygen atoms in total. The third-order valence-corrected chi connectivity index (χ3v) is 1.55. The van der Waals surface area contributed by atoms with Crippen molar-refractivity contribution in [1.82, 2.24) is 0 Å². The van der Waals surface area contributed by atoms with Gasteiger partial charge >= 0.3 is 0 Å². The van der Waals surface area contributed by atoms with Crippen LogP contribution in [-0.4, -0.2) is 6.61 Å². The minimum Gasteiger partial charge on any atom is -0.489 e. The van der Waals surface area contributed by atoms with Crippen LogP contribution in [0.4, 0.5) is 0 Å². The van der Waals surface area contributed by atoms with Crippen LogP contribution < -0.4 is 4.74 Å². The molecule has 0 aromatic heterocycles. The molecule has 0 fully saturated rings. The summed E-state index contributed by atoms with van der Waals surface area (Å²) in [5, 5.41) is 0. The third-order valence-electron chi connectivity index (χ3n) is 1.55. The standard InChI is InChI=1S/C9H8O.CH4.Co/c1-2-6-9-8(4-1)5-3-7-10-9;;/h1-6H,7H2;1H4;. The molecule has 1 aromatic rings. The van der Waals surface area contributed by atoms with Gasteiger partial charge in [0.1, 0.15) is 12.4 Å². The predicted molar refractivity (Wildman–Crippen MR) is 47.7 cm³/mol. The summed E-state index contributed by atoms with van der Waals surface area (Å²) in [6.07, 6.45) is 4.10. The molecule has 1 aliphatic heterocycles. The zero-order valence-electron chi connectivity index (χ0n) is 5.91. The van der Waals surface area contributed by atoms with Crippen LogP contribution in [0.3, 0.4) is 0 Å². The second kappa shape index (κ2) is 5.01.